The molecule has 1 aromatic carbocycles. The highest BCUT2D eigenvalue weighted by atomic mass is 16.1. The maximum Gasteiger partial charge on any atom is 0.133 e. The molecule has 0 unspecified atom stereocenters. The van der Waals surface area contributed by atoms with Crippen molar-refractivity contribution in [2.75, 3.05) is 6.54 Å². The van der Waals surface area contributed by atoms with Crippen molar-refractivity contribution in [3.63, 3.8) is 0 Å². The summed E-state index contributed by atoms with van der Waals surface area (Å²) >= 11 is 0. The summed E-state index contributed by atoms with van der Waals surface area (Å²) in [4.78, 5) is 10.0. The van der Waals surface area contributed by atoms with Crippen LogP contribution in [0.2, 0.25) is 0 Å². The maximum absolute atomic E-state index is 10.0. The molecule has 0 saturated carbocycles. The third-order valence-electron chi connectivity index (χ3n) is 1.80. The Morgan fingerprint density at radius 3 is 2.83 bits per heavy atom. The summed E-state index contributed by atoms with van der Waals surface area (Å²) in [5, 5.41) is 3.02. The van der Waals surface area contributed by atoms with Crippen LogP contribution < -0.4 is 5.32 Å². The maximum atomic E-state index is 10.0. The van der Waals surface area contributed by atoms with Crippen molar-refractivity contribution in [2.45, 2.75) is 13.5 Å². The molecule has 0 atom stereocenters. The van der Waals surface area contributed by atoms with Crippen LogP contribution in [-0.2, 0) is 11.3 Å². The zero-order valence-corrected chi connectivity index (χ0v) is 7.21. The van der Waals surface area contributed by atoms with Crippen molar-refractivity contribution < 1.29 is 4.79 Å². The highest BCUT2D eigenvalue weighted by Gasteiger charge is 1.94. The molecule has 0 aromatic heterocycles. The molecular formula is C10H13NO. The zero-order chi connectivity index (χ0) is 8.81. The molecule has 1 N–H and O–H groups in total. The number of aldehydes is 1. The number of nitrogens with one attached hydrogen (secondary N) is 1. The molecule has 0 aliphatic rings. The topological polar surface area (TPSA) is 29.1 Å². The SMILES string of the molecule is Cc1ccccc1CNCC=O. The van der Waals surface area contributed by atoms with Crippen molar-refractivity contribution in [2.24, 2.45) is 0 Å². The largest absolute Gasteiger partial charge is 0.306 e. The highest BCUT2D eigenvalue weighted by Crippen LogP contribution is 2.05. The van der Waals surface area contributed by atoms with E-state index >= 15 is 0 Å². The van der Waals surface area contributed by atoms with Gasteiger partial charge in [-0.3, -0.25) is 0 Å². The standard InChI is InChI=1S/C10H13NO/c1-9-4-2-3-5-10(9)8-11-6-7-12/h2-5,7,11H,6,8H2,1H3. The van der Waals surface area contributed by atoms with E-state index in [0.29, 0.717) is 6.54 Å². The molecule has 0 bridgehead atoms. The zero-order valence-electron chi connectivity index (χ0n) is 7.21. The molecule has 0 aliphatic heterocycles. The first-order valence-corrected chi connectivity index (χ1v) is 4.03. The van der Waals surface area contributed by atoms with E-state index in [-0.39, 0.29) is 0 Å². The fourth-order valence-corrected chi connectivity index (χ4v) is 1.07. The van der Waals surface area contributed by atoms with E-state index in [1.54, 1.807) is 0 Å². The Hall–Kier alpha value is -1.15. The lowest BCUT2D eigenvalue weighted by atomic mass is 10.1. The minimum Gasteiger partial charge on any atom is -0.306 e. The fraction of sp³-hybridized carbons (Fsp3) is 0.300. The van der Waals surface area contributed by atoms with Gasteiger partial charge in [0.05, 0.1) is 6.54 Å². The summed E-state index contributed by atoms with van der Waals surface area (Å²) < 4.78 is 0. The van der Waals surface area contributed by atoms with Gasteiger partial charge in [-0.2, -0.15) is 0 Å². The van der Waals surface area contributed by atoms with Gasteiger partial charge in [0, 0.05) is 6.54 Å². The lowest BCUT2D eigenvalue weighted by Crippen LogP contribution is -2.15. The first-order chi connectivity index (χ1) is 5.84. The smallest absolute Gasteiger partial charge is 0.133 e. The summed E-state index contributed by atoms with van der Waals surface area (Å²) in [5.74, 6) is 0. The second-order valence-corrected chi connectivity index (χ2v) is 2.72. The van der Waals surface area contributed by atoms with Crippen LogP contribution >= 0.6 is 0 Å². The van der Waals surface area contributed by atoms with E-state index in [1.165, 1.54) is 11.1 Å². The van der Waals surface area contributed by atoms with Gasteiger partial charge in [-0.05, 0) is 18.1 Å². The van der Waals surface area contributed by atoms with E-state index in [1.807, 2.05) is 12.1 Å². The van der Waals surface area contributed by atoms with Gasteiger partial charge in [0.1, 0.15) is 6.29 Å². The van der Waals surface area contributed by atoms with Gasteiger partial charge >= 0.3 is 0 Å². The molecular weight excluding hydrogens is 150 g/mol. The number of aryl methyl sites for hydroxylation is 1. The van der Waals surface area contributed by atoms with Gasteiger partial charge in [0.2, 0.25) is 0 Å². The van der Waals surface area contributed by atoms with Gasteiger partial charge in [-0.15, -0.1) is 0 Å². The summed E-state index contributed by atoms with van der Waals surface area (Å²) in [6.45, 7) is 3.26. The fourth-order valence-electron chi connectivity index (χ4n) is 1.07. The minimum atomic E-state index is 0.425. The molecule has 2 heteroatoms. The van der Waals surface area contributed by atoms with E-state index in [4.69, 9.17) is 0 Å². The number of rotatable bonds is 4. The number of carbonyl (C=O) groups excluding carboxylic acids is 1. The number of hydrogen-bond acceptors (Lipinski definition) is 2. The van der Waals surface area contributed by atoms with Crippen molar-refractivity contribution in [3.8, 4) is 0 Å². The molecule has 0 saturated heterocycles. The lowest BCUT2D eigenvalue weighted by molar-refractivity contribution is -0.107. The summed E-state index contributed by atoms with van der Waals surface area (Å²) in [6, 6.07) is 8.15. The Morgan fingerprint density at radius 2 is 2.17 bits per heavy atom. The van der Waals surface area contributed by atoms with Crippen LogP contribution in [-0.4, -0.2) is 12.8 Å². The summed E-state index contributed by atoms with van der Waals surface area (Å²) in [5.41, 5.74) is 2.51. The normalized spacial score (nSPS) is 9.75. The molecule has 0 fully saturated rings. The second-order valence-electron chi connectivity index (χ2n) is 2.72. The monoisotopic (exact) mass is 163 g/mol. The van der Waals surface area contributed by atoms with Gasteiger partial charge in [-0.25, -0.2) is 0 Å². The third-order valence-corrected chi connectivity index (χ3v) is 1.80. The molecule has 0 aliphatic carbocycles. The minimum absolute atomic E-state index is 0.425. The molecule has 12 heavy (non-hydrogen) atoms. The lowest BCUT2D eigenvalue weighted by Gasteiger charge is -2.04. The van der Waals surface area contributed by atoms with E-state index in [9.17, 15) is 4.79 Å². The highest BCUT2D eigenvalue weighted by molar-refractivity contribution is 5.51. The Labute approximate surface area is 72.6 Å². The number of carbonyl (C=O) groups is 1. The quantitative estimate of drug-likeness (QED) is 0.535. The van der Waals surface area contributed by atoms with Gasteiger partial charge in [0.25, 0.3) is 0 Å². The first-order valence-electron chi connectivity index (χ1n) is 4.03. The molecule has 1 aromatic rings. The molecule has 0 amide bonds. The van der Waals surface area contributed by atoms with Crippen molar-refractivity contribution in [1.82, 2.24) is 5.32 Å². The molecule has 64 valence electrons. The van der Waals surface area contributed by atoms with Crippen molar-refractivity contribution in [3.05, 3.63) is 35.4 Å². The molecule has 1 rings (SSSR count). The molecule has 0 radical (unpaired) electrons. The number of hydrogen-bond donors (Lipinski definition) is 1. The molecule has 2 nitrogen and oxygen atoms in total. The van der Waals surface area contributed by atoms with Crippen LogP contribution in [0.25, 0.3) is 0 Å². The van der Waals surface area contributed by atoms with Gasteiger partial charge in [-0.1, -0.05) is 24.3 Å². The van der Waals surface area contributed by atoms with Crippen LogP contribution in [0.5, 0.6) is 0 Å². The van der Waals surface area contributed by atoms with E-state index in [2.05, 4.69) is 24.4 Å². The average Bonchev–Trinajstić information content (AvgIpc) is 2.09. The molecule has 0 spiro atoms. The predicted molar refractivity (Wildman–Crippen MR) is 48.9 cm³/mol. The summed E-state index contributed by atoms with van der Waals surface area (Å²) in [7, 11) is 0. The number of benzene rings is 1. The Kier molecular flexibility index (Phi) is 3.48. The van der Waals surface area contributed by atoms with Crippen molar-refractivity contribution in [1.29, 1.82) is 0 Å². The van der Waals surface area contributed by atoms with Crippen LogP contribution in [0.15, 0.2) is 24.3 Å². The van der Waals surface area contributed by atoms with Crippen LogP contribution in [0.1, 0.15) is 11.1 Å². The van der Waals surface area contributed by atoms with Crippen LogP contribution in [0.3, 0.4) is 0 Å². The van der Waals surface area contributed by atoms with Crippen molar-refractivity contribution >= 4 is 6.29 Å². The van der Waals surface area contributed by atoms with Gasteiger partial charge in [0.15, 0.2) is 0 Å². The Bertz CT molecular complexity index is 258. The van der Waals surface area contributed by atoms with Crippen LogP contribution in [0.4, 0.5) is 0 Å². The Balaban J connectivity index is 2.51. The second kappa shape index (κ2) is 4.67. The van der Waals surface area contributed by atoms with E-state index in [0.717, 1.165) is 12.8 Å². The average molecular weight is 163 g/mol. The van der Waals surface area contributed by atoms with E-state index < -0.39 is 0 Å². The van der Waals surface area contributed by atoms with Crippen LogP contribution in [0, 0.1) is 6.92 Å². The third kappa shape index (κ3) is 2.47. The molecule has 0 heterocycles. The van der Waals surface area contributed by atoms with Gasteiger partial charge < -0.3 is 10.1 Å². The summed E-state index contributed by atoms with van der Waals surface area (Å²) in [6.07, 6.45) is 0.873. The predicted octanol–water partition coefficient (Wildman–Crippen LogP) is 1.28. The Morgan fingerprint density at radius 1 is 1.42 bits per heavy atom. The first kappa shape index (κ1) is 8.94.